The van der Waals surface area contributed by atoms with Crippen LogP contribution in [0.25, 0.3) is 11.0 Å². The van der Waals surface area contributed by atoms with Crippen LogP contribution in [0.3, 0.4) is 0 Å². The van der Waals surface area contributed by atoms with E-state index in [2.05, 4.69) is 16.0 Å². The summed E-state index contributed by atoms with van der Waals surface area (Å²) in [6, 6.07) is 19.8. The monoisotopic (exact) mass is 409 g/mol. The number of halogens is 1. The van der Waals surface area contributed by atoms with Gasteiger partial charge in [-0.3, -0.25) is 4.79 Å². The van der Waals surface area contributed by atoms with Gasteiger partial charge >= 0.3 is 0 Å². The standard InChI is InChI=1S/C22H20ClN3OS/c23-17-8-2-1-7-16(17)15-26-19-10-4-3-9-18(19)25-21(26)12-5-13-24-22(27)20-11-6-14-28-20/h1-4,6-11,14H,5,12-13,15H2,(H,24,27). The number of aryl methyl sites for hydroxylation is 1. The van der Waals surface area contributed by atoms with Gasteiger partial charge in [0.15, 0.2) is 0 Å². The predicted molar refractivity (Wildman–Crippen MR) is 115 cm³/mol. The smallest absolute Gasteiger partial charge is 0.261 e. The third-order valence-corrected chi connectivity index (χ3v) is 5.86. The number of hydrogen-bond donors (Lipinski definition) is 1. The molecule has 2 heterocycles. The summed E-state index contributed by atoms with van der Waals surface area (Å²) >= 11 is 7.83. The molecule has 0 radical (unpaired) electrons. The average Bonchev–Trinajstić information content (AvgIpc) is 3.36. The van der Waals surface area contributed by atoms with Crippen molar-refractivity contribution in [3.63, 3.8) is 0 Å². The fraction of sp³-hybridized carbons (Fsp3) is 0.182. The molecule has 2 aromatic heterocycles. The van der Waals surface area contributed by atoms with E-state index in [1.54, 1.807) is 0 Å². The van der Waals surface area contributed by atoms with Gasteiger partial charge in [0.25, 0.3) is 5.91 Å². The van der Waals surface area contributed by atoms with Crippen LogP contribution < -0.4 is 5.32 Å². The molecule has 4 aromatic rings. The van der Waals surface area contributed by atoms with Crippen molar-refractivity contribution in [3.8, 4) is 0 Å². The molecule has 0 saturated heterocycles. The van der Waals surface area contributed by atoms with Crippen molar-refractivity contribution in [2.24, 2.45) is 0 Å². The highest BCUT2D eigenvalue weighted by Gasteiger charge is 2.12. The highest BCUT2D eigenvalue weighted by molar-refractivity contribution is 7.12. The summed E-state index contributed by atoms with van der Waals surface area (Å²) in [6.45, 7) is 1.29. The zero-order valence-electron chi connectivity index (χ0n) is 15.3. The molecule has 0 spiro atoms. The van der Waals surface area contributed by atoms with Gasteiger partial charge in [0.2, 0.25) is 0 Å². The second-order valence-corrected chi connectivity index (χ2v) is 7.89. The molecular formula is C22H20ClN3OS. The van der Waals surface area contributed by atoms with Gasteiger partial charge in [-0.1, -0.05) is 48.0 Å². The minimum atomic E-state index is -0.0143. The number of rotatable bonds is 7. The fourth-order valence-corrected chi connectivity index (χ4v) is 4.07. The molecular weight excluding hydrogens is 390 g/mol. The summed E-state index contributed by atoms with van der Waals surface area (Å²) in [5, 5.41) is 5.65. The molecule has 2 aromatic carbocycles. The Bertz CT molecular complexity index is 1090. The molecule has 0 unspecified atom stereocenters. The number of hydrogen-bond acceptors (Lipinski definition) is 3. The summed E-state index contributed by atoms with van der Waals surface area (Å²) in [6.07, 6.45) is 1.60. The fourth-order valence-electron chi connectivity index (χ4n) is 3.23. The van der Waals surface area contributed by atoms with Gasteiger partial charge in [0.1, 0.15) is 5.82 Å². The quantitative estimate of drug-likeness (QED) is 0.428. The van der Waals surface area contributed by atoms with E-state index in [0.717, 1.165) is 45.2 Å². The maximum absolute atomic E-state index is 12.1. The number of fused-ring (bicyclic) bond motifs is 1. The zero-order chi connectivity index (χ0) is 19.3. The Morgan fingerprint density at radius 1 is 1.07 bits per heavy atom. The summed E-state index contributed by atoms with van der Waals surface area (Å²) in [7, 11) is 0. The minimum absolute atomic E-state index is 0.0143. The van der Waals surface area contributed by atoms with E-state index >= 15 is 0 Å². The van der Waals surface area contributed by atoms with Crippen LogP contribution in [0.2, 0.25) is 5.02 Å². The van der Waals surface area contributed by atoms with Crippen molar-refractivity contribution in [3.05, 3.63) is 87.3 Å². The van der Waals surface area contributed by atoms with Crippen molar-refractivity contribution in [2.45, 2.75) is 19.4 Å². The first-order valence-corrected chi connectivity index (χ1v) is 10.5. The lowest BCUT2D eigenvalue weighted by atomic mass is 10.2. The minimum Gasteiger partial charge on any atom is -0.351 e. The second kappa shape index (κ2) is 8.59. The molecule has 6 heteroatoms. The third-order valence-electron chi connectivity index (χ3n) is 4.63. The van der Waals surface area contributed by atoms with Gasteiger partial charge in [-0.05, 0) is 41.6 Å². The van der Waals surface area contributed by atoms with E-state index in [1.165, 1.54) is 11.3 Å². The Kier molecular flexibility index (Phi) is 5.74. The van der Waals surface area contributed by atoms with Crippen molar-refractivity contribution in [2.75, 3.05) is 6.54 Å². The number of aromatic nitrogens is 2. The first kappa shape index (κ1) is 18.7. The third kappa shape index (κ3) is 4.11. The molecule has 0 saturated carbocycles. The molecule has 0 aliphatic carbocycles. The first-order chi connectivity index (χ1) is 13.7. The molecule has 0 aliphatic heterocycles. The maximum atomic E-state index is 12.1. The molecule has 0 bridgehead atoms. The number of thiophene rings is 1. The SMILES string of the molecule is O=C(NCCCc1nc2ccccc2n1Cc1ccccc1Cl)c1cccs1. The van der Waals surface area contributed by atoms with Gasteiger partial charge in [-0.15, -0.1) is 11.3 Å². The van der Waals surface area contributed by atoms with E-state index in [4.69, 9.17) is 16.6 Å². The summed E-state index contributed by atoms with van der Waals surface area (Å²) in [4.78, 5) is 17.6. The van der Waals surface area contributed by atoms with Gasteiger partial charge in [0, 0.05) is 18.0 Å². The molecule has 0 aliphatic rings. The van der Waals surface area contributed by atoms with Gasteiger partial charge in [-0.25, -0.2) is 4.98 Å². The van der Waals surface area contributed by atoms with Crippen LogP contribution in [0.1, 0.15) is 27.5 Å². The number of amides is 1. The lowest BCUT2D eigenvalue weighted by Crippen LogP contribution is -2.24. The van der Waals surface area contributed by atoms with Crippen LogP contribution in [-0.4, -0.2) is 22.0 Å². The number of para-hydroxylation sites is 2. The van der Waals surface area contributed by atoms with Crippen LogP contribution in [0.4, 0.5) is 0 Å². The van der Waals surface area contributed by atoms with Crippen LogP contribution >= 0.6 is 22.9 Å². The van der Waals surface area contributed by atoms with Gasteiger partial charge in [-0.2, -0.15) is 0 Å². The zero-order valence-corrected chi connectivity index (χ0v) is 16.8. The second-order valence-electron chi connectivity index (χ2n) is 6.53. The summed E-state index contributed by atoms with van der Waals surface area (Å²) < 4.78 is 2.22. The van der Waals surface area contributed by atoms with Crippen LogP contribution in [0, 0.1) is 0 Å². The lowest BCUT2D eigenvalue weighted by Gasteiger charge is -2.11. The van der Waals surface area contributed by atoms with E-state index < -0.39 is 0 Å². The summed E-state index contributed by atoms with van der Waals surface area (Å²) in [5.41, 5.74) is 3.15. The average molecular weight is 410 g/mol. The molecule has 4 rings (SSSR count). The van der Waals surface area contributed by atoms with Crippen LogP contribution in [0.15, 0.2) is 66.0 Å². The Labute approximate surface area is 172 Å². The number of benzene rings is 2. The van der Waals surface area contributed by atoms with E-state index in [9.17, 15) is 4.79 Å². The number of nitrogens with one attached hydrogen (secondary N) is 1. The number of imidazole rings is 1. The number of carbonyl (C=O) groups excluding carboxylic acids is 1. The molecule has 4 nitrogen and oxygen atoms in total. The van der Waals surface area contributed by atoms with E-state index in [-0.39, 0.29) is 5.91 Å². The Hall–Kier alpha value is -2.63. The number of carbonyl (C=O) groups is 1. The maximum Gasteiger partial charge on any atom is 0.261 e. The topological polar surface area (TPSA) is 46.9 Å². The molecule has 28 heavy (non-hydrogen) atoms. The van der Waals surface area contributed by atoms with Crippen LogP contribution in [0.5, 0.6) is 0 Å². The van der Waals surface area contributed by atoms with E-state index in [0.29, 0.717) is 13.1 Å². The lowest BCUT2D eigenvalue weighted by molar-refractivity contribution is 0.0957. The van der Waals surface area contributed by atoms with Crippen LogP contribution in [-0.2, 0) is 13.0 Å². The van der Waals surface area contributed by atoms with Crippen molar-refractivity contribution in [1.29, 1.82) is 0 Å². The molecule has 0 fully saturated rings. The predicted octanol–water partition coefficient (Wildman–Crippen LogP) is 5.16. The van der Waals surface area contributed by atoms with E-state index in [1.807, 2.05) is 60.0 Å². The molecule has 0 atom stereocenters. The highest BCUT2D eigenvalue weighted by atomic mass is 35.5. The van der Waals surface area contributed by atoms with Crippen molar-refractivity contribution >= 4 is 39.9 Å². The normalized spacial score (nSPS) is 11.0. The van der Waals surface area contributed by atoms with Crippen molar-refractivity contribution in [1.82, 2.24) is 14.9 Å². The molecule has 142 valence electrons. The Morgan fingerprint density at radius 3 is 2.71 bits per heavy atom. The largest absolute Gasteiger partial charge is 0.351 e. The first-order valence-electron chi connectivity index (χ1n) is 9.21. The van der Waals surface area contributed by atoms with Gasteiger partial charge in [0.05, 0.1) is 22.5 Å². The molecule has 1 N–H and O–H groups in total. The summed E-state index contributed by atoms with van der Waals surface area (Å²) in [5.74, 6) is 0.992. The Morgan fingerprint density at radius 2 is 1.89 bits per heavy atom. The van der Waals surface area contributed by atoms with Gasteiger partial charge < -0.3 is 9.88 Å². The number of nitrogens with zero attached hydrogens (tertiary/aromatic N) is 2. The van der Waals surface area contributed by atoms with Crippen molar-refractivity contribution < 1.29 is 4.79 Å². The Balaban J connectivity index is 1.48. The highest BCUT2D eigenvalue weighted by Crippen LogP contribution is 2.22. The molecule has 1 amide bonds.